The van der Waals surface area contributed by atoms with E-state index in [1.54, 1.807) is 14.2 Å². The second-order valence-corrected chi connectivity index (χ2v) is 13.5. The molecule has 1 amide bonds. The Morgan fingerprint density at radius 2 is 1.06 bits per heavy atom. The maximum atomic E-state index is 11.6. The molecule has 5 aromatic rings. The van der Waals surface area contributed by atoms with Crippen molar-refractivity contribution in [1.29, 1.82) is 0 Å². The van der Waals surface area contributed by atoms with Crippen LogP contribution in [-0.2, 0) is 23.8 Å². The number of fused-ring (bicyclic) bond motifs is 3. The summed E-state index contributed by atoms with van der Waals surface area (Å²) >= 11 is 9.80. The van der Waals surface area contributed by atoms with Gasteiger partial charge in [-0.05, 0) is 38.9 Å². The summed E-state index contributed by atoms with van der Waals surface area (Å²) in [6, 6.07) is 48.7. The van der Waals surface area contributed by atoms with E-state index in [1.165, 1.54) is 38.9 Å². The van der Waals surface area contributed by atoms with Crippen LogP contribution in [0.4, 0.5) is 4.79 Å². The summed E-state index contributed by atoms with van der Waals surface area (Å²) in [5.74, 6) is 2.33. The number of benzene rings is 5. The molecule has 51 heavy (non-hydrogen) atoms. The molecule has 0 atom stereocenters. The zero-order valence-electron chi connectivity index (χ0n) is 29.2. The number of carbonyl (C=O) groups excluding carboxylic acids is 1. The van der Waals surface area contributed by atoms with Gasteiger partial charge in [-0.1, -0.05) is 140 Å². The van der Waals surface area contributed by atoms with Crippen molar-refractivity contribution >= 4 is 43.1 Å². The van der Waals surface area contributed by atoms with Crippen LogP contribution in [0, 0.1) is 0 Å². The van der Waals surface area contributed by atoms with Crippen LogP contribution in [0.3, 0.4) is 0 Å². The molecule has 0 aliphatic heterocycles. The highest BCUT2D eigenvalue weighted by atomic mass is 32.2. The SMILES string of the molecule is COCCS.COCCSC(c1ccccc1)(c1ccccc1)c1ccccc1.O=C(NOCCS)OCC1c2ccccc2-c2ccccc21. The van der Waals surface area contributed by atoms with Gasteiger partial charge < -0.3 is 14.2 Å². The number of thioether (sulfide) groups is 1. The fourth-order valence-corrected chi connectivity index (χ4v) is 7.66. The van der Waals surface area contributed by atoms with Gasteiger partial charge in [-0.25, -0.2) is 4.79 Å². The zero-order chi connectivity index (χ0) is 36.2. The quantitative estimate of drug-likeness (QED) is 0.0457. The van der Waals surface area contributed by atoms with Crippen molar-refractivity contribution in [2.75, 3.05) is 57.9 Å². The predicted octanol–water partition coefficient (Wildman–Crippen LogP) is 9.31. The van der Waals surface area contributed by atoms with Crippen molar-refractivity contribution in [1.82, 2.24) is 5.48 Å². The van der Waals surface area contributed by atoms with Gasteiger partial charge in [0.25, 0.3) is 0 Å². The van der Waals surface area contributed by atoms with E-state index in [-0.39, 0.29) is 17.3 Å². The minimum absolute atomic E-state index is 0.0584. The normalized spacial score (nSPS) is 11.6. The van der Waals surface area contributed by atoms with Crippen LogP contribution >= 0.6 is 37.0 Å². The molecule has 0 radical (unpaired) electrons. The highest BCUT2D eigenvalue weighted by Crippen LogP contribution is 2.48. The first-order valence-corrected chi connectivity index (χ1v) is 19.1. The highest BCUT2D eigenvalue weighted by molar-refractivity contribution is 8.00. The first-order chi connectivity index (χ1) is 25.1. The average Bonchev–Trinajstić information content (AvgIpc) is 3.51. The Bertz CT molecular complexity index is 1570. The van der Waals surface area contributed by atoms with Crippen LogP contribution in [-0.4, -0.2) is 64.0 Å². The number of hydroxylamine groups is 1. The Morgan fingerprint density at radius 1 is 0.627 bits per heavy atom. The smallest absolute Gasteiger partial charge is 0.431 e. The Balaban J connectivity index is 0.000000203. The molecule has 0 heterocycles. The van der Waals surface area contributed by atoms with E-state index < -0.39 is 6.09 Å². The van der Waals surface area contributed by atoms with Gasteiger partial charge in [-0.3, -0.25) is 4.84 Å². The number of hydrogen-bond acceptors (Lipinski definition) is 8. The fourth-order valence-electron chi connectivity index (χ4n) is 5.92. The zero-order valence-corrected chi connectivity index (χ0v) is 31.8. The molecule has 0 saturated carbocycles. The molecular formula is C42H47NO5S3. The Morgan fingerprint density at radius 3 is 1.47 bits per heavy atom. The summed E-state index contributed by atoms with van der Waals surface area (Å²) in [5.41, 5.74) is 10.9. The first kappa shape index (κ1) is 40.1. The number of amides is 1. The van der Waals surface area contributed by atoms with Gasteiger partial charge in [-0.2, -0.15) is 30.7 Å². The van der Waals surface area contributed by atoms with E-state index in [0.29, 0.717) is 12.4 Å². The van der Waals surface area contributed by atoms with Gasteiger partial charge >= 0.3 is 6.09 Å². The van der Waals surface area contributed by atoms with Crippen LogP contribution < -0.4 is 5.48 Å². The monoisotopic (exact) mass is 741 g/mol. The maximum absolute atomic E-state index is 11.6. The number of rotatable bonds is 14. The number of ether oxygens (including phenoxy) is 3. The van der Waals surface area contributed by atoms with Crippen LogP contribution in [0.15, 0.2) is 140 Å². The molecule has 9 heteroatoms. The van der Waals surface area contributed by atoms with Gasteiger partial charge in [0.2, 0.25) is 0 Å². The molecule has 6 nitrogen and oxygen atoms in total. The number of nitrogens with one attached hydrogen (secondary N) is 1. The molecule has 1 N–H and O–H groups in total. The lowest BCUT2D eigenvalue weighted by atomic mass is 9.84. The standard InChI is InChI=1S/C22H22OS.C17H17NO3S.C3H8OS/c1-23-17-18-24-22(19-11-5-2-6-12-19,20-13-7-3-8-14-20)21-15-9-4-10-16-21;19-17(18-21-9-10-22)20-11-16-14-7-3-1-5-12(14)13-6-2-4-8-15(13)16;1-4-2-3-5/h2-16H,17-18H2,1H3;1-8,16,22H,9-11H2,(H,18,19);5H,2-3H2,1H3. The third-order valence-electron chi connectivity index (χ3n) is 8.13. The summed E-state index contributed by atoms with van der Waals surface area (Å²) in [5, 5.41) is 0. The summed E-state index contributed by atoms with van der Waals surface area (Å²) < 4.78 is 15.0. The molecule has 0 bridgehead atoms. The Kier molecular flexibility index (Phi) is 17.5. The molecule has 1 aliphatic carbocycles. The van der Waals surface area contributed by atoms with Gasteiger partial charge in [0.05, 0.1) is 24.6 Å². The lowest BCUT2D eigenvalue weighted by molar-refractivity contribution is 0.0349. The van der Waals surface area contributed by atoms with Crippen LogP contribution in [0.5, 0.6) is 0 Å². The van der Waals surface area contributed by atoms with Gasteiger partial charge in [0.15, 0.2) is 0 Å². The topological polar surface area (TPSA) is 66.0 Å². The predicted molar refractivity (Wildman–Crippen MR) is 217 cm³/mol. The van der Waals surface area contributed by atoms with E-state index in [9.17, 15) is 4.79 Å². The minimum Gasteiger partial charge on any atom is -0.447 e. The van der Waals surface area contributed by atoms with Crippen molar-refractivity contribution in [2.45, 2.75) is 10.7 Å². The Labute approximate surface area is 318 Å². The third-order valence-corrected chi connectivity index (χ3v) is 10.0. The average molecular weight is 742 g/mol. The molecule has 0 aromatic heterocycles. The van der Waals surface area contributed by atoms with Crippen LogP contribution in [0.1, 0.15) is 33.7 Å². The lowest BCUT2D eigenvalue weighted by Crippen LogP contribution is -2.27. The molecule has 0 saturated heterocycles. The first-order valence-electron chi connectivity index (χ1n) is 16.8. The second-order valence-electron chi connectivity index (χ2n) is 11.3. The van der Waals surface area contributed by atoms with E-state index in [2.05, 4.69) is 151 Å². The Hall–Kier alpha value is -3.70. The van der Waals surface area contributed by atoms with Gasteiger partial charge in [-0.15, -0.1) is 11.8 Å². The molecule has 268 valence electrons. The van der Waals surface area contributed by atoms with Gasteiger partial charge in [0.1, 0.15) is 6.61 Å². The van der Waals surface area contributed by atoms with Gasteiger partial charge in [0, 0.05) is 37.4 Å². The lowest BCUT2D eigenvalue weighted by Gasteiger charge is -2.35. The fraction of sp³-hybridized carbons (Fsp3) is 0.262. The molecule has 0 spiro atoms. The van der Waals surface area contributed by atoms with Crippen molar-refractivity contribution < 1.29 is 23.8 Å². The summed E-state index contributed by atoms with van der Waals surface area (Å²) in [4.78, 5) is 16.5. The van der Waals surface area contributed by atoms with E-state index >= 15 is 0 Å². The minimum atomic E-state index is -0.580. The summed E-state index contributed by atoms with van der Waals surface area (Å²) in [6.45, 7) is 2.11. The number of hydrogen-bond donors (Lipinski definition) is 3. The van der Waals surface area contributed by atoms with E-state index in [4.69, 9.17) is 14.3 Å². The third kappa shape index (κ3) is 11.1. The summed E-state index contributed by atoms with van der Waals surface area (Å²) in [7, 11) is 3.42. The van der Waals surface area contributed by atoms with Crippen LogP contribution in [0.2, 0.25) is 0 Å². The largest absolute Gasteiger partial charge is 0.447 e. The van der Waals surface area contributed by atoms with Crippen molar-refractivity contribution in [3.63, 3.8) is 0 Å². The second kappa shape index (κ2) is 22.3. The molecule has 5 aromatic carbocycles. The summed E-state index contributed by atoms with van der Waals surface area (Å²) in [6.07, 6.45) is -0.580. The highest BCUT2D eigenvalue weighted by Gasteiger charge is 2.36. The van der Waals surface area contributed by atoms with Crippen LogP contribution in [0.25, 0.3) is 11.1 Å². The van der Waals surface area contributed by atoms with E-state index in [0.717, 1.165) is 24.7 Å². The van der Waals surface area contributed by atoms with Crippen molar-refractivity contribution in [3.8, 4) is 11.1 Å². The molecule has 0 fully saturated rings. The number of thiol groups is 2. The molecule has 0 unspecified atom stereocenters. The maximum Gasteiger partial charge on any atom is 0.431 e. The number of methoxy groups -OCH3 is 2. The number of carbonyl (C=O) groups is 1. The van der Waals surface area contributed by atoms with Crippen molar-refractivity contribution in [2.24, 2.45) is 0 Å². The molecular weight excluding hydrogens is 695 g/mol. The van der Waals surface area contributed by atoms with Crippen molar-refractivity contribution in [3.05, 3.63) is 167 Å². The molecule has 6 rings (SSSR count). The van der Waals surface area contributed by atoms with E-state index in [1.807, 2.05) is 36.0 Å². The molecule has 1 aliphatic rings.